The molecule has 1 aromatic rings. The summed E-state index contributed by atoms with van der Waals surface area (Å²) in [7, 11) is 0. The SMILES string of the molecule is CCCCOc1ccc(CNCCNC(C)(C)C)cc1. The Morgan fingerprint density at radius 2 is 1.75 bits per heavy atom. The van der Waals surface area contributed by atoms with Gasteiger partial charge in [0.25, 0.3) is 0 Å². The van der Waals surface area contributed by atoms with Crippen molar-refractivity contribution in [1.82, 2.24) is 10.6 Å². The lowest BCUT2D eigenvalue weighted by Gasteiger charge is -2.20. The maximum absolute atomic E-state index is 5.65. The molecule has 3 nitrogen and oxygen atoms in total. The van der Waals surface area contributed by atoms with E-state index in [0.29, 0.717) is 0 Å². The lowest BCUT2D eigenvalue weighted by Crippen LogP contribution is -2.40. The zero-order chi connectivity index (χ0) is 14.8. The third-order valence-electron chi connectivity index (χ3n) is 2.98. The first-order valence-electron chi connectivity index (χ1n) is 7.69. The summed E-state index contributed by atoms with van der Waals surface area (Å²) in [5.41, 5.74) is 1.49. The molecule has 0 atom stereocenters. The largest absolute Gasteiger partial charge is 0.494 e. The van der Waals surface area contributed by atoms with Gasteiger partial charge in [-0.05, 0) is 44.9 Å². The molecular formula is C17H30N2O. The predicted octanol–water partition coefficient (Wildman–Crippen LogP) is 3.34. The van der Waals surface area contributed by atoms with E-state index in [2.05, 4.69) is 62.6 Å². The maximum atomic E-state index is 5.65. The van der Waals surface area contributed by atoms with E-state index in [4.69, 9.17) is 4.74 Å². The fraction of sp³-hybridized carbons (Fsp3) is 0.647. The highest BCUT2D eigenvalue weighted by atomic mass is 16.5. The molecule has 0 aliphatic heterocycles. The number of hydrogen-bond donors (Lipinski definition) is 2. The molecule has 0 saturated carbocycles. The normalized spacial score (nSPS) is 11.6. The van der Waals surface area contributed by atoms with Gasteiger partial charge in [-0.2, -0.15) is 0 Å². The van der Waals surface area contributed by atoms with E-state index in [1.54, 1.807) is 0 Å². The first-order chi connectivity index (χ1) is 9.51. The fourth-order valence-corrected chi connectivity index (χ4v) is 1.80. The van der Waals surface area contributed by atoms with Crippen molar-refractivity contribution in [3.63, 3.8) is 0 Å². The molecular weight excluding hydrogens is 248 g/mol. The van der Waals surface area contributed by atoms with Gasteiger partial charge >= 0.3 is 0 Å². The highest BCUT2D eigenvalue weighted by Gasteiger charge is 2.06. The molecule has 0 saturated heterocycles. The minimum atomic E-state index is 0.194. The summed E-state index contributed by atoms with van der Waals surface area (Å²) < 4.78 is 5.65. The lowest BCUT2D eigenvalue weighted by molar-refractivity contribution is 0.309. The Morgan fingerprint density at radius 1 is 1.05 bits per heavy atom. The zero-order valence-electron chi connectivity index (χ0n) is 13.5. The summed E-state index contributed by atoms with van der Waals surface area (Å²) in [6.45, 7) is 12.4. The quantitative estimate of drug-likeness (QED) is 0.680. The van der Waals surface area contributed by atoms with E-state index in [0.717, 1.165) is 38.4 Å². The van der Waals surface area contributed by atoms with Crippen molar-refractivity contribution < 1.29 is 4.74 Å². The molecule has 114 valence electrons. The molecule has 0 bridgehead atoms. The molecule has 0 heterocycles. The van der Waals surface area contributed by atoms with Crippen LogP contribution in [-0.2, 0) is 6.54 Å². The Hall–Kier alpha value is -1.06. The number of unbranched alkanes of at least 4 members (excludes halogenated alkanes) is 1. The molecule has 0 spiro atoms. The van der Waals surface area contributed by atoms with Crippen LogP contribution in [0.3, 0.4) is 0 Å². The molecule has 0 radical (unpaired) electrons. The highest BCUT2D eigenvalue weighted by molar-refractivity contribution is 5.27. The van der Waals surface area contributed by atoms with Crippen LogP contribution >= 0.6 is 0 Å². The van der Waals surface area contributed by atoms with Gasteiger partial charge in [0.05, 0.1) is 6.61 Å². The summed E-state index contributed by atoms with van der Waals surface area (Å²) in [4.78, 5) is 0. The van der Waals surface area contributed by atoms with Crippen LogP contribution in [0, 0.1) is 0 Å². The summed E-state index contributed by atoms with van der Waals surface area (Å²) >= 11 is 0. The zero-order valence-corrected chi connectivity index (χ0v) is 13.5. The van der Waals surface area contributed by atoms with Crippen molar-refractivity contribution in [2.24, 2.45) is 0 Å². The van der Waals surface area contributed by atoms with Crippen LogP contribution < -0.4 is 15.4 Å². The van der Waals surface area contributed by atoms with E-state index in [1.165, 1.54) is 12.0 Å². The maximum Gasteiger partial charge on any atom is 0.119 e. The van der Waals surface area contributed by atoms with Crippen LogP contribution in [0.25, 0.3) is 0 Å². The molecule has 2 N–H and O–H groups in total. The summed E-state index contributed by atoms with van der Waals surface area (Å²) in [6, 6.07) is 8.37. The molecule has 0 aliphatic rings. The molecule has 20 heavy (non-hydrogen) atoms. The van der Waals surface area contributed by atoms with E-state index >= 15 is 0 Å². The van der Waals surface area contributed by atoms with E-state index in [9.17, 15) is 0 Å². The van der Waals surface area contributed by atoms with Gasteiger partial charge in [0, 0.05) is 25.2 Å². The molecule has 0 aliphatic carbocycles. The smallest absolute Gasteiger partial charge is 0.119 e. The number of nitrogens with one attached hydrogen (secondary N) is 2. The van der Waals surface area contributed by atoms with Crippen LogP contribution in [0.2, 0.25) is 0 Å². The van der Waals surface area contributed by atoms with E-state index in [1.807, 2.05) is 0 Å². The Kier molecular flexibility index (Phi) is 7.63. The first kappa shape index (κ1) is 17.0. The third-order valence-corrected chi connectivity index (χ3v) is 2.98. The van der Waals surface area contributed by atoms with Crippen molar-refractivity contribution in [3.05, 3.63) is 29.8 Å². The monoisotopic (exact) mass is 278 g/mol. The fourth-order valence-electron chi connectivity index (χ4n) is 1.80. The number of hydrogen-bond acceptors (Lipinski definition) is 3. The van der Waals surface area contributed by atoms with Crippen LogP contribution in [0.4, 0.5) is 0 Å². The van der Waals surface area contributed by atoms with Gasteiger partial charge in [-0.15, -0.1) is 0 Å². The Bertz CT molecular complexity index is 354. The van der Waals surface area contributed by atoms with Crippen LogP contribution in [-0.4, -0.2) is 25.2 Å². The number of ether oxygens (including phenoxy) is 1. The van der Waals surface area contributed by atoms with Crippen molar-refractivity contribution in [2.45, 2.75) is 52.6 Å². The molecule has 1 rings (SSSR count). The summed E-state index contributed by atoms with van der Waals surface area (Å²) in [5, 5.41) is 6.91. The van der Waals surface area contributed by atoms with Crippen LogP contribution in [0.15, 0.2) is 24.3 Å². The molecule has 1 aromatic carbocycles. The molecule has 0 unspecified atom stereocenters. The average Bonchev–Trinajstić information content (AvgIpc) is 2.39. The van der Waals surface area contributed by atoms with Crippen molar-refractivity contribution in [1.29, 1.82) is 0 Å². The standard InChI is InChI=1S/C17H30N2O/c1-5-6-13-20-16-9-7-15(8-10-16)14-18-11-12-19-17(2,3)4/h7-10,18-19H,5-6,11-14H2,1-4H3. The summed E-state index contributed by atoms with van der Waals surface area (Å²) in [6.07, 6.45) is 2.29. The highest BCUT2D eigenvalue weighted by Crippen LogP contribution is 2.12. The minimum absolute atomic E-state index is 0.194. The van der Waals surface area contributed by atoms with E-state index in [-0.39, 0.29) is 5.54 Å². The van der Waals surface area contributed by atoms with Crippen molar-refractivity contribution in [3.8, 4) is 5.75 Å². The average molecular weight is 278 g/mol. The lowest BCUT2D eigenvalue weighted by atomic mass is 10.1. The first-order valence-corrected chi connectivity index (χ1v) is 7.69. The van der Waals surface area contributed by atoms with Gasteiger partial charge in [0.15, 0.2) is 0 Å². The third kappa shape index (κ3) is 8.18. The molecule has 0 amide bonds. The Labute approximate surface area is 124 Å². The Balaban J connectivity index is 2.18. The predicted molar refractivity (Wildman–Crippen MR) is 86.3 cm³/mol. The van der Waals surface area contributed by atoms with Gasteiger partial charge in [-0.25, -0.2) is 0 Å². The second-order valence-corrected chi connectivity index (χ2v) is 6.20. The molecule has 3 heteroatoms. The Morgan fingerprint density at radius 3 is 2.35 bits per heavy atom. The number of benzene rings is 1. The van der Waals surface area contributed by atoms with Crippen molar-refractivity contribution >= 4 is 0 Å². The van der Waals surface area contributed by atoms with Gasteiger partial charge in [0.1, 0.15) is 5.75 Å². The van der Waals surface area contributed by atoms with Crippen LogP contribution in [0.1, 0.15) is 46.1 Å². The van der Waals surface area contributed by atoms with Gasteiger partial charge < -0.3 is 15.4 Å². The topological polar surface area (TPSA) is 33.3 Å². The van der Waals surface area contributed by atoms with Crippen LogP contribution in [0.5, 0.6) is 5.75 Å². The van der Waals surface area contributed by atoms with Gasteiger partial charge in [0.2, 0.25) is 0 Å². The second kappa shape index (κ2) is 8.98. The minimum Gasteiger partial charge on any atom is -0.494 e. The molecule has 0 fully saturated rings. The summed E-state index contributed by atoms with van der Waals surface area (Å²) in [5.74, 6) is 0.969. The van der Waals surface area contributed by atoms with E-state index < -0.39 is 0 Å². The van der Waals surface area contributed by atoms with Gasteiger partial charge in [-0.3, -0.25) is 0 Å². The van der Waals surface area contributed by atoms with Gasteiger partial charge in [-0.1, -0.05) is 25.5 Å². The second-order valence-electron chi connectivity index (χ2n) is 6.20. The number of rotatable bonds is 9. The van der Waals surface area contributed by atoms with Crippen molar-refractivity contribution in [2.75, 3.05) is 19.7 Å². The molecule has 0 aromatic heterocycles.